The minimum atomic E-state index is 0.406. The Balaban J connectivity index is 1.78. The van der Waals surface area contributed by atoms with Gasteiger partial charge in [-0.3, -0.25) is 9.79 Å². The molecule has 3 rings (SSSR count). The van der Waals surface area contributed by atoms with Crippen LogP contribution in [0, 0.1) is 0 Å². The fourth-order valence-electron chi connectivity index (χ4n) is 1.83. The van der Waals surface area contributed by atoms with Crippen LogP contribution < -0.4 is 10.6 Å². The lowest BCUT2D eigenvalue weighted by molar-refractivity contribution is 0.111. The number of hydrogen-bond acceptors (Lipinski definition) is 7. The van der Waals surface area contributed by atoms with Gasteiger partial charge >= 0.3 is 0 Å². The van der Waals surface area contributed by atoms with E-state index in [1.54, 1.807) is 12.1 Å². The van der Waals surface area contributed by atoms with E-state index in [1.807, 2.05) is 11.4 Å². The third kappa shape index (κ3) is 2.83. The third-order valence-electron chi connectivity index (χ3n) is 2.78. The van der Waals surface area contributed by atoms with Gasteiger partial charge in [0, 0.05) is 18.5 Å². The predicted octanol–water partition coefficient (Wildman–Crippen LogP) is 1.78. The molecule has 0 aromatic carbocycles. The molecule has 1 aliphatic rings. The van der Waals surface area contributed by atoms with E-state index >= 15 is 0 Å². The zero-order valence-electron chi connectivity index (χ0n) is 10.7. The molecular formula is C13H13N5OS. The fourth-order valence-corrected chi connectivity index (χ4v) is 2.53. The number of nitrogens with zero attached hydrogens (tertiary/aromatic N) is 3. The first-order valence-corrected chi connectivity index (χ1v) is 7.16. The lowest BCUT2D eigenvalue weighted by Gasteiger charge is -2.14. The molecule has 20 heavy (non-hydrogen) atoms. The molecular weight excluding hydrogens is 274 g/mol. The first-order valence-electron chi connectivity index (χ1n) is 6.28. The first-order chi connectivity index (χ1) is 9.85. The van der Waals surface area contributed by atoms with Crippen molar-refractivity contribution in [1.82, 2.24) is 15.3 Å². The Morgan fingerprint density at radius 1 is 1.30 bits per heavy atom. The number of rotatable bonds is 3. The van der Waals surface area contributed by atoms with Gasteiger partial charge < -0.3 is 10.6 Å². The van der Waals surface area contributed by atoms with Gasteiger partial charge in [0.25, 0.3) is 0 Å². The zero-order chi connectivity index (χ0) is 13.8. The molecule has 0 spiro atoms. The summed E-state index contributed by atoms with van der Waals surface area (Å²) in [5.41, 5.74) is 1.85. The Kier molecular flexibility index (Phi) is 3.69. The minimum Gasteiger partial charge on any atom is -0.356 e. The topological polar surface area (TPSA) is 79.3 Å². The van der Waals surface area contributed by atoms with Crippen LogP contribution in [-0.2, 0) is 0 Å². The lowest BCUT2D eigenvalue weighted by atomic mass is 10.2. The Morgan fingerprint density at radius 3 is 3.05 bits per heavy atom. The van der Waals surface area contributed by atoms with Gasteiger partial charge in [-0.15, -0.1) is 11.3 Å². The average Bonchev–Trinajstić information content (AvgIpc) is 2.97. The molecule has 2 aromatic rings. The van der Waals surface area contributed by atoms with Crippen LogP contribution in [0.2, 0.25) is 0 Å². The Hall–Kier alpha value is -2.28. The fraction of sp³-hybridized carbons (Fsp3) is 0.231. The number of guanidine groups is 1. The number of carbonyl (C=O) groups excluding carboxylic acids is 1. The number of pyridine rings is 1. The minimum absolute atomic E-state index is 0.406. The second kappa shape index (κ2) is 5.79. The summed E-state index contributed by atoms with van der Waals surface area (Å²) < 4.78 is 0. The van der Waals surface area contributed by atoms with Crippen molar-refractivity contribution in [2.75, 3.05) is 18.4 Å². The SMILES string of the molecule is O=Cc1cccc(-c2csc(NC3=NCCCN3)n2)n1. The van der Waals surface area contributed by atoms with Crippen molar-refractivity contribution in [3.8, 4) is 11.4 Å². The van der Waals surface area contributed by atoms with Crippen LogP contribution in [-0.4, -0.2) is 35.3 Å². The van der Waals surface area contributed by atoms with E-state index in [1.165, 1.54) is 11.3 Å². The van der Waals surface area contributed by atoms with Crippen molar-refractivity contribution in [3.63, 3.8) is 0 Å². The van der Waals surface area contributed by atoms with E-state index in [-0.39, 0.29) is 0 Å². The number of carbonyl (C=O) groups is 1. The van der Waals surface area contributed by atoms with Crippen molar-refractivity contribution in [2.45, 2.75) is 6.42 Å². The highest BCUT2D eigenvalue weighted by Crippen LogP contribution is 2.23. The molecule has 2 aromatic heterocycles. The lowest BCUT2D eigenvalue weighted by Crippen LogP contribution is -2.35. The number of thiazole rings is 1. The molecule has 2 N–H and O–H groups in total. The number of aldehydes is 1. The molecule has 3 heterocycles. The summed E-state index contributed by atoms with van der Waals surface area (Å²) in [6.45, 7) is 1.75. The van der Waals surface area contributed by atoms with Gasteiger partial charge in [-0.05, 0) is 18.6 Å². The van der Waals surface area contributed by atoms with Crippen LogP contribution in [0.25, 0.3) is 11.4 Å². The van der Waals surface area contributed by atoms with E-state index in [9.17, 15) is 4.79 Å². The van der Waals surface area contributed by atoms with E-state index < -0.39 is 0 Å². The quantitative estimate of drug-likeness (QED) is 0.841. The van der Waals surface area contributed by atoms with Gasteiger partial charge in [0.1, 0.15) is 11.4 Å². The van der Waals surface area contributed by atoms with E-state index in [0.29, 0.717) is 11.4 Å². The van der Waals surface area contributed by atoms with Gasteiger partial charge in [-0.25, -0.2) is 9.97 Å². The maximum absolute atomic E-state index is 10.7. The highest BCUT2D eigenvalue weighted by molar-refractivity contribution is 7.14. The van der Waals surface area contributed by atoms with Crippen molar-refractivity contribution in [1.29, 1.82) is 0 Å². The van der Waals surface area contributed by atoms with Crippen molar-refractivity contribution in [2.24, 2.45) is 4.99 Å². The van der Waals surface area contributed by atoms with Crippen LogP contribution in [0.15, 0.2) is 28.6 Å². The van der Waals surface area contributed by atoms with Gasteiger partial charge in [-0.1, -0.05) is 6.07 Å². The van der Waals surface area contributed by atoms with Gasteiger partial charge in [-0.2, -0.15) is 0 Å². The molecule has 0 amide bonds. The number of nitrogens with one attached hydrogen (secondary N) is 2. The summed E-state index contributed by atoms with van der Waals surface area (Å²) in [6.07, 6.45) is 1.78. The van der Waals surface area contributed by atoms with Crippen LogP contribution in [0.1, 0.15) is 16.9 Å². The standard InChI is InChI=1S/C13H13N5OS/c19-7-9-3-1-4-10(16-9)11-8-20-13(17-11)18-12-14-5-2-6-15-12/h1,3-4,7-8H,2,5-6H2,(H2,14,15,17,18). The number of hydrogen-bond donors (Lipinski definition) is 2. The largest absolute Gasteiger partial charge is 0.356 e. The average molecular weight is 287 g/mol. The van der Waals surface area contributed by atoms with E-state index in [0.717, 1.165) is 42.6 Å². The summed E-state index contributed by atoms with van der Waals surface area (Å²) in [4.78, 5) is 23.8. The summed E-state index contributed by atoms with van der Waals surface area (Å²) in [5.74, 6) is 0.756. The van der Waals surface area contributed by atoms with Gasteiger partial charge in [0.2, 0.25) is 0 Å². The Labute approximate surface area is 120 Å². The maximum atomic E-state index is 10.7. The normalized spacial score (nSPS) is 14.3. The third-order valence-corrected chi connectivity index (χ3v) is 3.54. The highest BCUT2D eigenvalue weighted by Gasteiger charge is 2.09. The number of aliphatic imine (C=N–C) groups is 1. The summed E-state index contributed by atoms with van der Waals surface area (Å²) >= 11 is 1.48. The maximum Gasteiger partial charge on any atom is 0.197 e. The van der Waals surface area contributed by atoms with E-state index in [2.05, 4.69) is 25.6 Å². The monoisotopic (exact) mass is 287 g/mol. The molecule has 1 aliphatic heterocycles. The second-order valence-electron chi connectivity index (χ2n) is 4.24. The molecule has 0 radical (unpaired) electrons. The molecule has 0 saturated heterocycles. The molecule has 7 heteroatoms. The Bertz CT molecular complexity index is 652. The van der Waals surface area contributed by atoms with Crippen LogP contribution >= 0.6 is 11.3 Å². The smallest absolute Gasteiger partial charge is 0.197 e. The summed E-state index contributed by atoms with van der Waals surface area (Å²) in [6, 6.07) is 5.30. The highest BCUT2D eigenvalue weighted by atomic mass is 32.1. The van der Waals surface area contributed by atoms with Gasteiger partial charge in [0.05, 0.1) is 5.69 Å². The molecule has 102 valence electrons. The molecule has 0 saturated carbocycles. The van der Waals surface area contributed by atoms with Crippen molar-refractivity contribution < 1.29 is 4.79 Å². The van der Waals surface area contributed by atoms with Crippen LogP contribution in [0.5, 0.6) is 0 Å². The molecule has 0 unspecified atom stereocenters. The van der Waals surface area contributed by atoms with E-state index in [4.69, 9.17) is 0 Å². The molecule has 0 bridgehead atoms. The van der Waals surface area contributed by atoms with Crippen LogP contribution in [0.4, 0.5) is 5.13 Å². The molecule has 6 nitrogen and oxygen atoms in total. The Morgan fingerprint density at radius 2 is 2.25 bits per heavy atom. The predicted molar refractivity (Wildman–Crippen MR) is 79.3 cm³/mol. The number of aromatic nitrogens is 2. The molecule has 0 atom stereocenters. The van der Waals surface area contributed by atoms with Crippen molar-refractivity contribution >= 4 is 28.7 Å². The van der Waals surface area contributed by atoms with Crippen LogP contribution in [0.3, 0.4) is 0 Å². The second-order valence-corrected chi connectivity index (χ2v) is 5.10. The molecule has 0 fully saturated rings. The first kappa shape index (κ1) is 12.7. The summed E-state index contributed by atoms with van der Waals surface area (Å²) in [7, 11) is 0. The van der Waals surface area contributed by atoms with Gasteiger partial charge in [0.15, 0.2) is 17.4 Å². The molecule has 0 aliphatic carbocycles. The summed E-state index contributed by atoms with van der Waals surface area (Å²) in [5, 5.41) is 8.99. The van der Waals surface area contributed by atoms with Crippen molar-refractivity contribution in [3.05, 3.63) is 29.3 Å². The zero-order valence-corrected chi connectivity index (χ0v) is 11.5. The number of anilines is 1.